The molecule has 0 aliphatic rings. The molecule has 5 aromatic carbocycles. The highest BCUT2D eigenvalue weighted by Crippen LogP contribution is 2.42. The normalized spacial score (nSPS) is 11.6. The SMILES string of the molecule is c1ccc(-c2nc3oc4ccccc4c3nc2-c2ccccc2-c2nc3c(nc2-c2ccccc2)oc2ccccc23)cc1. The quantitative estimate of drug-likeness (QED) is 0.211. The van der Waals surface area contributed by atoms with Crippen LogP contribution in [-0.2, 0) is 0 Å². The third-order valence-electron chi connectivity index (χ3n) is 7.96. The second-order valence-electron chi connectivity index (χ2n) is 10.6. The minimum Gasteiger partial charge on any atom is -0.436 e. The predicted molar refractivity (Wildman–Crippen MR) is 174 cm³/mol. The number of aromatic nitrogens is 4. The molecule has 0 radical (unpaired) electrons. The summed E-state index contributed by atoms with van der Waals surface area (Å²) in [4.78, 5) is 20.7. The largest absolute Gasteiger partial charge is 0.436 e. The van der Waals surface area contributed by atoms with E-state index < -0.39 is 0 Å². The van der Waals surface area contributed by atoms with Crippen molar-refractivity contribution < 1.29 is 8.83 Å². The van der Waals surface area contributed by atoms with Gasteiger partial charge in [-0.3, -0.25) is 0 Å². The van der Waals surface area contributed by atoms with Gasteiger partial charge in [-0.05, 0) is 24.3 Å². The number of para-hydroxylation sites is 2. The maximum Gasteiger partial charge on any atom is 0.246 e. The fourth-order valence-corrected chi connectivity index (χ4v) is 5.91. The van der Waals surface area contributed by atoms with Crippen molar-refractivity contribution >= 4 is 44.4 Å². The van der Waals surface area contributed by atoms with Crippen molar-refractivity contribution in [3.63, 3.8) is 0 Å². The Morgan fingerprint density at radius 2 is 0.727 bits per heavy atom. The molecule has 0 atom stereocenters. The van der Waals surface area contributed by atoms with Crippen molar-refractivity contribution in [2.75, 3.05) is 0 Å². The van der Waals surface area contributed by atoms with Crippen molar-refractivity contribution in [3.8, 4) is 45.0 Å². The number of benzene rings is 5. The first-order valence-corrected chi connectivity index (χ1v) is 14.4. The first-order valence-electron chi connectivity index (χ1n) is 14.4. The van der Waals surface area contributed by atoms with Gasteiger partial charge < -0.3 is 8.83 Å². The van der Waals surface area contributed by atoms with E-state index in [1.807, 2.05) is 121 Å². The molecule has 6 heteroatoms. The van der Waals surface area contributed by atoms with Gasteiger partial charge in [0.05, 0.1) is 11.4 Å². The van der Waals surface area contributed by atoms with Crippen molar-refractivity contribution in [1.82, 2.24) is 19.9 Å². The molecule has 0 fully saturated rings. The van der Waals surface area contributed by atoms with Gasteiger partial charge in [-0.25, -0.2) is 19.9 Å². The first kappa shape index (κ1) is 24.5. The lowest BCUT2D eigenvalue weighted by atomic mass is 9.95. The molecule has 4 heterocycles. The van der Waals surface area contributed by atoms with E-state index in [1.165, 1.54) is 0 Å². The Kier molecular flexibility index (Phi) is 5.40. The average molecular weight is 567 g/mol. The molecular weight excluding hydrogens is 544 g/mol. The molecule has 206 valence electrons. The molecule has 0 spiro atoms. The lowest BCUT2D eigenvalue weighted by Crippen LogP contribution is -1.99. The van der Waals surface area contributed by atoms with E-state index in [9.17, 15) is 0 Å². The van der Waals surface area contributed by atoms with Crippen molar-refractivity contribution in [2.24, 2.45) is 0 Å². The molecule has 0 amide bonds. The van der Waals surface area contributed by atoms with Crippen LogP contribution in [-0.4, -0.2) is 19.9 Å². The van der Waals surface area contributed by atoms with Crippen LogP contribution in [0.15, 0.2) is 142 Å². The average Bonchev–Trinajstić information content (AvgIpc) is 3.65. The summed E-state index contributed by atoms with van der Waals surface area (Å²) in [5.74, 6) is 0. The van der Waals surface area contributed by atoms with Gasteiger partial charge in [0.25, 0.3) is 0 Å². The van der Waals surface area contributed by atoms with Gasteiger partial charge in [0.1, 0.15) is 33.6 Å². The van der Waals surface area contributed by atoms with Crippen molar-refractivity contribution in [1.29, 1.82) is 0 Å². The smallest absolute Gasteiger partial charge is 0.246 e. The van der Waals surface area contributed by atoms with Gasteiger partial charge in [0.2, 0.25) is 11.4 Å². The Hall–Kier alpha value is -6.14. The van der Waals surface area contributed by atoms with Gasteiger partial charge in [-0.1, -0.05) is 109 Å². The Bertz CT molecular complexity index is 2320. The number of fused-ring (bicyclic) bond motifs is 6. The summed E-state index contributed by atoms with van der Waals surface area (Å²) < 4.78 is 12.3. The molecule has 0 N–H and O–H groups in total. The third kappa shape index (κ3) is 3.82. The monoisotopic (exact) mass is 566 g/mol. The van der Waals surface area contributed by atoms with Crippen LogP contribution in [0.5, 0.6) is 0 Å². The predicted octanol–water partition coefficient (Wildman–Crippen LogP) is 9.73. The van der Waals surface area contributed by atoms with Crippen molar-refractivity contribution in [2.45, 2.75) is 0 Å². The van der Waals surface area contributed by atoms with Crippen LogP contribution in [0.2, 0.25) is 0 Å². The summed E-state index contributed by atoms with van der Waals surface area (Å²) in [6, 6.07) is 44.2. The molecule has 0 saturated carbocycles. The van der Waals surface area contributed by atoms with Crippen LogP contribution in [0.1, 0.15) is 0 Å². The molecule has 6 nitrogen and oxygen atoms in total. The highest BCUT2D eigenvalue weighted by Gasteiger charge is 2.24. The highest BCUT2D eigenvalue weighted by molar-refractivity contribution is 6.05. The van der Waals surface area contributed by atoms with Crippen molar-refractivity contribution in [3.05, 3.63) is 133 Å². The van der Waals surface area contributed by atoms with Gasteiger partial charge in [-0.15, -0.1) is 0 Å². The zero-order chi connectivity index (χ0) is 29.0. The van der Waals surface area contributed by atoms with Crippen LogP contribution in [0.4, 0.5) is 0 Å². The van der Waals surface area contributed by atoms with Crippen LogP contribution in [0, 0.1) is 0 Å². The molecule has 9 aromatic rings. The fourth-order valence-electron chi connectivity index (χ4n) is 5.91. The van der Waals surface area contributed by atoms with E-state index in [2.05, 4.69) is 12.1 Å². The van der Waals surface area contributed by atoms with E-state index in [0.717, 1.165) is 78.0 Å². The molecule has 0 aliphatic carbocycles. The van der Waals surface area contributed by atoms with Crippen LogP contribution in [0.3, 0.4) is 0 Å². The summed E-state index contributed by atoms with van der Waals surface area (Å²) in [5, 5.41) is 1.84. The molecule has 0 aliphatic heterocycles. The Morgan fingerprint density at radius 3 is 1.18 bits per heavy atom. The van der Waals surface area contributed by atoms with E-state index in [4.69, 9.17) is 28.8 Å². The topological polar surface area (TPSA) is 77.8 Å². The second-order valence-corrected chi connectivity index (χ2v) is 10.6. The molecule has 0 saturated heterocycles. The standard InChI is InChI=1S/C38H22N4O2/c1-3-13-23(14-4-1)31-33(39-35-27-19-9-11-21-29(27)43-37(35)41-31)25-17-7-8-18-26(25)34-32(24-15-5-2-6-16-24)42-38-36(40-34)28-20-10-12-22-30(28)44-38/h1-22H. The van der Waals surface area contributed by atoms with Gasteiger partial charge >= 0.3 is 0 Å². The Labute approximate surface area is 251 Å². The van der Waals surface area contributed by atoms with Gasteiger partial charge in [0.15, 0.2) is 0 Å². The van der Waals surface area contributed by atoms with E-state index in [1.54, 1.807) is 0 Å². The number of nitrogens with zero attached hydrogens (tertiary/aromatic N) is 4. The maximum atomic E-state index is 6.17. The van der Waals surface area contributed by atoms with Gasteiger partial charge in [0, 0.05) is 33.0 Å². The third-order valence-corrected chi connectivity index (χ3v) is 7.96. The zero-order valence-electron chi connectivity index (χ0n) is 23.3. The molecule has 44 heavy (non-hydrogen) atoms. The molecule has 0 unspecified atom stereocenters. The summed E-state index contributed by atoms with van der Waals surface area (Å²) in [6.07, 6.45) is 0. The minimum atomic E-state index is 0.502. The van der Waals surface area contributed by atoms with E-state index in [0.29, 0.717) is 11.4 Å². The highest BCUT2D eigenvalue weighted by atomic mass is 16.3. The zero-order valence-corrected chi connectivity index (χ0v) is 23.3. The molecule has 4 aromatic heterocycles. The summed E-state index contributed by atoms with van der Waals surface area (Å²) in [7, 11) is 0. The summed E-state index contributed by atoms with van der Waals surface area (Å²) in [5.41, 5.74) is 10.6. The Morgan fingerprint density at radius 1 is 0.341 bits per heavy atom. The van der Waals surface area contributed by atoms with E-state index >= 15 is 0 Å². The lowest BCUT2D eigenvalue weighted by molar-refractivity contribution is 0.653. The first-order chi connectivity index (χ1) is 21.8. The van der Waals surface area contributed by atoms with Crippen LogP contribution < -0.4 is 0 Å². The number of furan rings is 2. The molecular formula is C38H22N4O2. The number of rotatable bonds is 4. The second kappa shape index (κ2) is 9.71. The minimum absolute atomic E-state index is 0.502. The molecule has 9 rings (SSSR count). The summed E-state index contributed by atoms with van der Waals surface area (Å²) in [6.45, 7) is 0. The maximum absolute atomic E-state index is 6.17. The van der Waals surface area contributed by atoms with Crippen LogP contribution >= 0.6 is 0 Å². The lowest BCUT2D eigenvalue weighted by Gasteiger charge is -2.15. The Balaban J connectivity index is 1.38. The number of hydrogen-bond acceptors (Lipinski definition) is 6. The van der Waals surface area contributed by atoms with Crippen LogP contribution in [0.25, 0.3) is 89.4 Å². The van der Waals surface area contributed by atoms with Gasteiger partial charge in [-0.2, -0.15) is 0 Å². The molecule has 0 bridgehead atoms. The van der Waals surface area contributed by atoms with E-state index in [-0.39, 0.29) is 0 Å². The fraction of sp³-hybridized carbons (Fsp3) is 0. The summed E-state index contributed by atoms with van der Waals surface area (Å²) >= 11 is 0. The number of hydrogen-bond donors (Lipinski definition) is 0.